The third kappa shape index (κ3) is 2.84. The van der Waals surface area contributed by atoms with Crippen LogP contribution in [0.15, 0.2) is 22.8 Å². The number of fused-ring (bicyclic) bond motifs is 1. The maximum atomic E-state index is 12.0. The summed E-state index contributed by atoms with van der Waals surface area (Å²) in [6.45, 7) is 11.0. The molecule has 7 atom stereocenters. The van der Waals surface area contributed by atoms with Gasteiger partial charge in [0.15, 0.2) is 0 Å². The molecule has 134 valence electrons. The van der Waals surface area contributed by atoms with E-state index in [9.17, 15) is 9.90 Å². The van der Waals surface area contributed by atoms with Gasteiger partial charge in [0.25, 0.3) is 0 Å². The molecule has 24 heavy (non-hydrogen) atoms. The first-order chi connectivity index (χ1) is 11.3. The number of carbonyl (C=O) groups is 1. The van der Waals surface area contributed by atoms with Crippen molar-refractivity contribution >= 4 is 5.97 Å². The number of carbonyl (C=O) groups excluding carboxylic acids is 1. The third-order valence-electron chi connectivity index (χ3n) is 6.31. The van der Waals surface area contributed by atoms with Gasteiger partial charge in [-0.3, -0.25) is 4.79 Å². The summed E-state index contributed by atoms with van der Waals surface area (Å²) in [5.41, 5.74) is 3.58. The van der Waals surface area contributed by atoms with Gasteiger partial charge in [-0.05, 0) is 43.3 Å². The average Bonchev–Trinajstić information content (AvgIpc) is 2.97. The van der Waals surface area contributed by atoms with Crippen molar-refractivity contribution in [2.45, 2.75) is 65.8 Å². The van der Waals surface area contributed by atoms with Gasteiger partial charge in [-0.15, -0.1) is 0 Å². The number of hydrogen-bond acceptors (Lipinski definition) is 4. The van der Waals surface area contributed by atoms with E-state index in [0.29, 0.717) is 13.0 Å². The average molecular weight is 334 g/mol. The minimum absolute atomic E-state index is 0.0211. The Morgan fingerprint density at radius 2 is 1.96 bits per heavy atom. The molecule has 1 N–H and O–H groups in total. The number of rotatable bonds is 3. The highest BCUT2D eigenvalue weighted by Crippen LogP contribution is 2.50. The molecule has 2 aliphatic carbocycles. The Labute approximate surface area is 144 Å². The Morgan fingerprint density at radius 3 is 2.62 bits per heavy atom. The summed E-state index contributed by atoms with van der Waals surface area (Å²) >= 11 is 0. The van der Waals surface area contributed by atoms with E-state index < -0.39 is 6.10 Å². The molecule has 1 unspecified atom stereocenters. The Hall–Kier alpha value is -1.13. The van der Waals surface area contributed by atoms with E-state index in [1.54, 1.807) is 0 Å². The molecule has 4 nitrogen and oxygen atoms in total. The van der Waals surface area contributed by atoms with Crippen LogP contribution in [0.5, 0.6) is 0 Å². The van der Waals surface area contributed by atoms with Crippen molar-refractivity contribution in [2.75, 3.05) is 6.61 Å². The number of esters is 1. The predicted molar refractivity (Wildman–Crippen MR) is 92.3 cm³/mol. The van der Waals surface area contributed by atoms with E-state index in [0.717, 1.165) is 12.0 Å². The molecule has 1 heterocycles. The van der Waals surface area contributed by atoms with Crippen molar-refractivity contribution in [3.05, 3.63) is 22.8 Å². The second-order valence-electron chi connectivity index (χ2n) is 7.86. The zero-order valence-corrected chi connectivity index (χ0v) is 15.4. The largest absolute Gasteiger partial charge is 0.462 e. The number of ether oxygens (including phenoxy) is 2. The molecular formula is C20H30O4. The molecule has 3 aliphatic rings. The van der Waals surface area contributed by atoms with Crippen molar-refractivity contribution in [3.8, 4) is 0 Å². The molecule has 1 fully saturated rings. The van der Waals surface area contributed by atoms with Crippen molar-refractivity contribution in [2.24, 2.45) is 23.7 Å². The molecule has 1 saturated heterocycles. The summed E-state index contributed by atoms with van der Waals surface area (Å²) in [5, 5.41) is 10.7. The fraction of sp³-hybridized carbons (Fsp3) is 0.750. The SMILES string of the molecule is C/C=C(\C)CO[C@H]1C[C@@H](O)C2=C1[C@H](C)C[C@H]1OC(=O)[C@@H](C)[C@H]1C2C. The van der Waals surface area contributed by atoms with E-state index in [-0.39, 0.29) is 41.8 Å². The van der Waals surface area contributed by atoms with Gasteiger partial charge in [-0.1, -0.05) is 32.4 Å². The first-order valence-electron chi connectivity index (χ1n) is 9.20. The van der Waals surface area contributed by atoms with Gasteiger partial charge in [0, 0.05) is 12.3 Å². The molecule has 0 saturated carbocycles. The molecular weight excluding hydrogens is 304 g/mol. The molecule has 0 bridgehead atoms. The highest BCUT2D eigenvalue weighted by molar-refractivity contribution is 5.75. The maximum Gasteiger partial charge on any atom is 0.309 e. The summed E-state index contributed by atoms with van der Waals surface area (Å²) < 4.78 is 11.8. The minimum Gasteiger partial charge on any atom is -0.462 e. The van der Waals surface area contributed by atoms with Crippen molar-refractivity contribution in [1.29, 1.82) is 0 Å². The zero-order chi connectivity index (χ0) is 17.6. The van der Waals surface area contributed by atoms with Gasteiger partial charge in [0.05, 0.1) is 24.7 Å². The maximum absolute atomic E-state index is 12.0. The molecule has 0 aromatic rings. The molecule has 0 amide bonds. The normalized spacial score (nSPS) is 42.7. The van der Waals surface area contributed by atoms with Crippen molar-refractivity contribution in [3.63, 3.8) is 0 Å². The lowest BCUT2D eigenvalue weighted by Gasteiger charge is -2.26. The Bertz CT molecular complexity index is 576. The van der Waals surface area contributed by atoms with Gasteiger partial charge < -0.3 is 14.6 Å². The lowest BCUT2D eigenvalue weighted by Crippen LogP contribution is -2.29. The van der Waals surface area contributed by atoms with Crippen LogP contribution >= 0.6 is 0 Å². The van der Waals surface area contributed by atoms with Crippen LogP contribution in [-0.2, 0) is 14.3 Å². The quantitative estimate of drug-likeness (QED) is 0.636. The molecule has 0 spiro atoms. The zero-order valence-electron chi connectivity index (χ0n) is 15.4. The monoisotopic (exact) mass is 334 g/mol. The number of allylic oxidation sites excluding steroid dienone is 1. The fourth-order valence-corrected chi connectivity index (χ4v) is 4.93. The molecule has 1 aliphatic heterocycles. The summed E-state index contributed by atoms with van der Waals surface area (Å²) in [6.07, 6.45) is 3.01. The smallest absolute Gasteiger partial charge is 0.309 e. The van der Waals surface area contributed by atoms with Crippen LogP contribution in [-0.4, -0.2) is 36.0 Å². The van der Waals surface area contributed by atoms with Gasteiger partial charge in [0.2, 0.25) is 0 Å². The lowest BCUT2D eigenvalue weighted by molar-refractivity contribution is -0.144. The van der Waals surface area contributed by atoms with E-state index in [2.05, 4.69) is 26.8 Å². The fourth-order valence-electron chi connectivity index (χ4n) is 4.93. The minimum atomic E-state index is -0.463. The number of aliphatic hydroxyl groups is 1. The topological polar surface area (TPSA) is 55.8 Å². The van der Waals surface area contributed by atoms with Gasteiger partial charge in [-0.25, -0.2) is 0 Å². The van der Waals surface area contributed by atoms with Crippen LogP contribution in [0.1, 0.15) is 47.5 Å². The molecule has 0 aromatic heterocycles. The highest BCUT2D eigenvalue weighted by Gasteiger charge is 2.52. The summed E-state index contributed by atoms with van der Waals surface area (Å²) in [7, 11) is 0. The second kappa shape index (κ2) is 6.64. The number of hydrogen-bond donors (Lipinski definition) is 1. The third-order valence-corrected chi connectivity index (χ3v) is 6.31. The predicted octanol–water partition coefficient (Wildman–Crippen LogP) is 3.25. The highest BCUT2D eigenvalue weighted by atomic mass is 16.6. The van der Waals surface area contributed by atoms with Gasteiger partial charge in [0.1, 0.15) is 6.10 Å². The summed E-state index contributed by atoms with van der Waals surface area (Å²) in [4.78, 5) is 12.0. The van der Waals surface area contributed by atoms with Gasteiger partial charge in [-0.2, -0.15) is 0 Å². The Kier molecular flexibility index (Phi) is 4.89. The Morgan fingerprint density at radius 1 is 1.25 bits per heavy atom. The molecule has 3 rings (SSSR count). The van der Waals surface area contributed by atoms with E-state index in [1.807, 2.05) is 13.8 Å². The van der Waals surface area contributed by atoms with Crippen LogP contribution in [0.25, 0.3) is 0 Å². The Balaban J connectivity index is 1.90. The van der Waals surface area contributed by atoms with Crippen molar-refractivity contribution in [1.82, 2.24) is 0 Å². The molecule has 0 aromatic carbocycles. The van der Waals surface area contributed by atoms with E-state index >= 15 is 0 Å². The van der Waals surface area contributed by atoms with Crippen LogP contribution in [0.2, 0.25) is 0 Å². The second-order valence-corrected chi connectivity index (χ2v) is 7.86. The van der Waals surface area contributed by atoms with Gasteiger partial charge >= 0.3 is 5.97 Å². The molecule has 0 radical (unpaired) electrons. The van der Waals surface area contributed by atoms with Crippen LogP contribution in [0, 0.1) is 23.7 Å². The van der Waals surface area contributed by atoms with Crippen LogP contribution in [0.3, 0.4) is 0 Å². The summed E-state index contributed by atoms with van der Waals surface area (Å²) in [6, 6.07) is 0. The van der Waals surface area contributed by atoms with E-state index in [4.69, 9.17) is 9.47 Å². The molecule has 4 heteroatoms. The van der Waals surface area contributed by atoms with Crippen molar-refractivity contribution < 1.29 is 19.4 Å². The van der Waals surface area contributed by atoms with E-state index in [1.165, 1.54) is 11.1 Å². The first-order valence-corrected chi connectivity index (χ1v) is 9.20. The first kappa shape index (κ1) is 17.7. The van der Waals surface area contributed by atoms with Crippen LogP contribution < -0.4 is 0 Å². The summed E-state index contributed by atoms with van der Waals surface area (Å²) in [5.74, 6) is 0.406. The number of aliphatic hydroxyl groups excluding tert-OH is 1. The lowest BCUT2D eigenvalue weighted by atomic mass is 9.77. The standard InChI is InChI=1S/C20H30O4/c1-6-10(2)9-23-15-8-14(21)19-12(4)18-13(5)20(22)24-16(18)7-11(3)17(15)19/h6,11-16,18,21H,7-9H2,1-5H3/b10-6+/t11-,12?,13+,14-,15+,16-,18-/m1/s1. The van der Waals surface area contributed by atoms with Crippen LogP contribution in [0.4, 0.5) is 0 Å².